The second-order valence-corrected chi connectivity index (χ2v) is 1.47. The summed E-state index contributed by atoms with van der Waals surface area (Å²) in [5.74, 6) is 0. The number of isocyanates is 1. The zero-order valence-corrected chi connectivity index (χ0v) is 5.62. The van der Waals surface area contributed by atoms with Crippen LogP contribution in [0.5, 0.6) is 0 Å². The molecular weight excluding hydrogens is 130 g/mol. The third kappa shape index (κ3) is 3.78. The highest BCUT2D eigenvalue weighted by molar-refractivity contribution is 5.33. The van der Waals surface area contributed by atoms with Crippen molar-refractivity contribution in [3.05, 3.63) is 25.3 Å². The standard InChI is InChI=1S/C7H9NO2/c1-3-5-10-7(4-2)8-6-9/h3-4,7H,1-2,5H2. The van der Waals surface area contributed by atoms with Crippen molar-refractivity contribution >= 4 is 6.08 Å². The van der Waals surface area contributed by atoms with Gasteiger partial charge in [-0.15, -0.1) is 6.58 Å². The van der Waals surface area contributed by atoms with Crippen LogP contribution in [0.3, 0.4) is 0 Å². The highest BCUT2D eigenvalue weighted by Gasteiger charge is 1.96. The number of hydrogen-bond acceptors (Lipinski definition) is 3. The summed E-state index contributed by atoms with van der Waals surface area (Å²) in [6.07, 6.45) is 3.76. The van der Waals surface area contributed by atoms with Crippen molar-refractivity contribution in [2.75, 3.05) is 6.61 Å². The van der Waals surface area contributed by atoms with Crippen LogP contribution in [-0.2, 0) is 9.53 Å². The van der Waals surface area contributed by atoms with E-state index in [1.165, 1.54) is 12.2 Å². The summed E-state index contributed by atoms with van der Waals surface area (Å²) in [6.45, 7) is 7.18. The van der Waals surface area contributed by atoms with Crippen LogP contribution in [0.25, 0.3) is 0 Å². The molecule has 54 valence electrons. The van der Waals surface area contributed by atoms with Crippen LogP contribution >= 0.6 is 0 Å². The van der Waals surface area contributed by atoms with Crippen LogP contribution in [0, 0.1) is 0 Å². The van der Waals surface area contributed by atoms with E-state index in [9.17, 15) is 4.79 Å². The van der Waals surface area contributed by atoms with Gasteiger partial charge >= 0.3 is 0 Å². The zero-order chi connectivity index (χ0) is 7.82. The maximum Gasteiger partial charge on any atom is 0.238 e. The van der Waals surface area contributed by atoms with Gasteiger partial charge in [0.25, 0.3) is 0 Å². The highest BCUT2D eigenvalue weighted by atomic mass is 16.5. The molecule has 1 atom stereocenters. The Morgan fingerprint density at radius 2 is 2.40 bits per heavy atom. The van der Waals surface area contributed by atoms with Gasteiger partial charge in [-0.2, -0.15) is 4.99 Å². The highest BCUT2D eigenvalue weighted by Crippen LogP contribution is 1.92. The van der Waals surface area contributed by atoms with E-state index in [-0.39, 0.29) is 0 Å². The fraction of sp³-hybridized carbons (Fsp3) is 0.286. The van der Waals surface area contributed by atoms with Crippen LogP contribution in [0.4, 0.5) is 0 Å². The minimum atomic E-state index is -0.588. The van der Waals surface area contributed by atoms with Crippen LogP contribution < -0.4 is 0 Å². The minimum absolute atomic E-state index is 0.349. The predicted octanol–water partition coefficient (Wildman–Crippen LogP) is 1.04. The van der Waals surface area contributed by atoms with E-state index < -0.39 is 6.23 Å². The Labute approximate surface area is 59.7 Å². The third-order valence-electron chi connectivity index (χ3n) is 0.766. The second kappa shape index (κ2) is 5.95. The lowest BCUT2D eigenvalue weighted by atomic mass is 10.5. The first kappa shape index (κ1) is 8.82. The van der Waals surface area contributed by atoms with Gasteiger partial charge < -0.3 is 4.74 Å². The maximum absolute atomic E-state index is 9.69. The van der Waals surface area contributed by atoms with Crippen LogP contribution in [0.2, 0.25) is 0 Å². The average molecular weight is 139 g/mol. The van der Waals surface area contributed by atoms with Gasteiger partial charge in [-0.1, -0.05) is 12.7 Å². The summed E-state index contributed by atoms with van der Waals surface area (Å²) < 4.78 is 4.92. The molecule has 0 saturated heterocycles. The number of nitrogens with zero attached hydrogens (tertiary/aromatic N) is 1. The molecule has 0 fully saturated rings. The third-order valence-corrected chi connectivity index (χ3v) is 0.766. The molecule has 0 rings (SSSR count). The maximum atomic E-state index is 9.69. The molecule has 0 aromatic heterocycles. The van der Waals surface area contributed by atoms with E-state index in [0.717, 1.165) is 0 Å². The molecule has 0 aliphatic heterocycles. The van der Waals surface area contributed by atoms with Crippen LogP contribution in [0.1, 0.15) is 0 Å². The Morgan fingerprint density at radius 1 is 1.70 bits per heavy atom. The summed E-state index contributed by atoms with van der Waals surface area (Å²) in [4.78, 5) is 13.0. The quantitative estimate of drug-likeness (QED) is 0.324. The van der Waals surface area contributed by atoms with Crippen molar-refractivity contribution in [2.45, 2.75) is 6.23 Å². The molecule has 0 heterocycles. The Kier molecular flexibility index (Phi) is 5.25. The Hall–Kier alpha value is -1.18. The Balaban J connectivity index is 3.70. The lowest BCUT2D eigenvalue weighted by molar-refractivity contribution is 0.116. The molecule has 0 bridgehead atoms. The van der Waals surface area contributed by atoms with Crippen molar-refractivity contribution in [1.82, 2.24) is 0 Å². The first-order chi connectivity index (χ1) is 4.85. The van der Waals surface area contributed by atoms with Crippen molar-refractivity contribution in [1.29, 1.82) is 0 Å². The lowest BCUT2D eigenvalue weighted by Gasteiger charge is -2.02. The smallest absolute Gasteiger partial charge is 0.238 e. The van der Waals surface area contributed by atoms with Crippen molar-refractivity contribution in [2.24, 2.45) is 4.99 Å². The van der Waals surface area contributed by atoms with Gasteiger partial charge in [0.2, 0.25) is 6.08 Å². The number of carbonyl (C=O) groups excluding carboxylic acids is 1. The van der Waals surface area contributed by atoms with E-state index in [0.29, 0.717) is 6.61 Å². The number of ether oxygens (including phenoxy) is 1. The van der Waals surface area contributed by atoms with Crippen LogP contribution in [-0.4, -0.2) is 18.9 Å². The molecule has 10 heavy (non-hydrogen) atoms. The monoisotopic (exact) mass is 139 g/mol. The summed E-state index contributed by atoms with van der Waals surface area (Å²) in [6, 6.07) is 0. The Bertz CT molecular complexity index is 159. The van der Waals surface area contributed by atoms with Gasteiger partial charge in [-0.25, -0.2) is 4.79 Å². The largest absolute Gasteiger partial charge is 0.348 e. The molecule has 0 radical (unpaired) electrons. The molecule has 3 heteroatoms. The molecule has 0 amide bonds. The fourth-order valence-corrected chi connectivity index (χ4v) is 0.377. The normalized spacial score (nSPS) is 11.2. The SMILES string of the molecule is C=CCOC(C=C)N=C=O. The van der Waals surface area contributed by atoms with Crippen molar-refractivity contribution in [3.63, 3.8) is 0 Å². The lowest BCUT2D eigenvalue weighted by Crippen LogP contribution is -2.05. The zero-order valence-electron chi connectivity index (χ0n) is 5.62. The van der Waals surface area contributed by atoms with E-state index in [1.807, 2.05) is 0 Å². The van der Waals surface area contributed by atoms with E-state index in [1.54, 1.807) is 6.08 Å². The Morgan fingerprint density at radius 3 is 2.80 bits per heavy atom. The fourth-order valence-electron chi connectivity index (χ4n) is 0.377. The van der Waals surface area contributed by atoms with E-state index >= 15 is 0 Å². The number of hydrogen-bond donors (Lipinski definition) is 0. The predicted molar refractivity (Wildman–Crippen MR) is 38.3 cm³/mol. The molecule has 0 saturated carbocycles. The summed E-state index contributed by atoms with van der Waals surface area (Å²) in [5, 5.41) is 0. The van der Waals surface area contributed by atoms with Crippen molar-refractivity contribution < 1.29 is 9.53 Å². The van der Waals surface area contributed by atoms with Gasteiger partial charge in [-0.3, -0.25) is 0 Å². The second-order valence-electron chi connectivity index (χ2n) is 1.47. The van der Waals surface area contributed by atoms with Gasteiger partial charge in [0, 0.05) is 0 Å². The van der Waals surface area contributed by atoms with Crippen LogP contribution in [0.15, 0.2) is 30.3 Å². The average Bonchev–Trinajstić information content (AvgIpc) is 1.98. The summed E-state index contributed by atoms with van der Waals surface area (Å²) in [5.41, 5.74) is 0. The molecular formula is C7H9NO2. The van der Waals surface area contributed by atoms with Gasteiger partial charge in [0.15, 0.2) is 6.23 Å². The molecule has 3 nitrogen and oxygen atoms in total. The van der Waals surface area contributed by atoms with Gasteiger partial charge in [0.05, 0.1) is 6.61 Å². The molecule has 0 aromatic carbocycles. The molecule has 0 aromatic rings. The minimum Gasteiger partial charge on any atom is -0.348 e. The van der Waals surface area contributed by atoms with E-state index in [4.69, 9.17) is 4.74 Å². The summed E-state index contributed by atoms with van der Waals surface area (Å²) >= 11 is 0. The number of rotatable bonds is 5. The molecule has 0 N–H and O–H groups in total. The topological polar surface area (TPSA) is 38.7 Å². The van der Waals surface area contributed by atoms with Gasteiger partial charge in [0.1, 0.15) is 0 Å². The van der Waals surface area contributed by atoms with Crippen molar-refractivity contribution in [3.8, 4) is 0 Å². The molecule has 0 spiro atoms. The summed E-state index contributed by atoms with van der Waals surface area (Å²) in [7, 11) is 0. The molecule has 0 aliphatic rings. The first-order valence-corrected chi connectivity index (χ1v) is 2.77. The molecule has 1 unspecified atom stereocenters. The number of aliphatic imine (C=N–C) groups is 1. The first-order valence-electron chi connectivity index (χ1n) is 2.77. The van der Waals surface area contributed by atoms with E-state index in [2.05, 4.69) is 18.2 Å². The molecule has 0 aliphatic carbocycles. The van der Waals surface area contributed by atoms with Gasteiger partial charge in [-0.05, 0) is 6.08 Å².